The Balaban J connectivity index is 2.57. The first-order valence-corrected chi connectivity index (χ1v) is 6.41. The molecule has 0 saturated carbocycles. The molecule has 1 unspecified atom stereocenters. The predicted molar refractivity (Wildman–Crippen MR) is 70.7 cm³/mol. The molecule has 1 atom stereocenters. The molecule has 1 aromatic carbocycles. The lowest BCUT2D eigenvalue weighted by atomic mass is 10.0. The van der Waals surface area contributed by atoms with E-state index in [0.29, 0.717) is 24.5 Å². The molecule has 0 amide bonds. The van der Waals surface area contributed by atoms with Crippen molar-refractivity contribution in [3.8, 4) is 0 Å². The predicted octanol–water partition coefficient (Wildman–Crippen LogP) is 4.27. The van der Waals surface area contributed by atoms with Gasteiger partial charge in [-0.2, -0.15) is 0 Å². The molecular formula is C13H16Cl2O2. The van der Waals surface area contributed by atoms with Crippen molar-refractivity contribution in [1.82, 2.24) is 0 Å². The molecule has 0 aliphatic rings. The highest BCUT2D eigenvalue weighted by Crippen LogP contribution is 2.29. The molecule has 0 aromatic heterocycles. The number of benzene rings is 1. The number of esters is 1. The minimum absolute atomic E-state index is 0.184. The quantitative estimate of drug-likeness (QED) is 0.592. The normalized spacial score (nSPS) is 12.2. The van der Waals surface area contributed by atoms with Gasteiger partial charge in [-0.15, -0.1) is 11.6 Å². The van der Waals surface area contributed by atoms with Crippen LogP contribution in [-0.2, 0) is 9.53 Å². The van der Waals surface area contributed by atoms with Crippen LogP contribution < -0.4 is 0 Å². The zero-order valence-electron chi connectivity index (χ0n) is 10.0. The fourth-order valence-corrected chi connectivity index (χ4v) is 2.20. The second kappa shape index (κ2) is 6.87. The second-order valence-corrected chi connectivity index (χ2v) is 4.78. The first-order chi connectivity index (χ1) is 8.04. The van der Waals surface area contributed by atoms with Gasteiger partial charge in [0.05, 0.1) is 12.0 Å². The topological polar surface area (TPSA) is 26.3 Å². The van der Waals surface area contributed by atoms with E-state index in [2.05, 4.69) is 0 Å². The van der Waals surface area contributed by atoms with Crippen LogP contribution in [0.1, 0.15) is 36.3 Å². The van der Waals surface area contributed by atoms with Crippen LogP contribution in [0.2, 0.25) is 5.02 Å². The van der Waals surface area contributed by atoms with E-state index in [1.54, 1.807) is 6.92 Å². The number of ether oxygens (including phenoxy) is 1. The Morgan fingerprint density at radius 1 is 1.47 bits per heavy atom. The maximum atomic E-state index is 11.2. The zero-order valence-corrected chi connectivity index (χ0v) is 11.5. The third kappa shape index (κ3) is 4.57. The Hall–Kier alpha value is -0.730. The molecule has 2 nitrogen and oxygen atoms in total. The third-order valence-electron chi connectivity index (χ3n) is 2.48. The van der Waals surface area contributed by atoms with Gasteiger partial charge in [-0.25, -0.2) is 0 Å². The van der Waals surface area contributed by atoms with Gasteiger partial charge in [0.15, 0.2) is 0 Å². The summed E-state index contributed by atoms with van der Waals surface area (Å²) in [5, 5.41) is 0.511. The van der Waals surface area contributed by atoms with E-state index in [9.17, 15) is 4.79 Å². The lowest BCUT2D eigenvalue weighted by Gasteiger charge is -2.12. The van der Waals surface area contributed by atoms with Gasteiger partial charge >= 0.3 is 5.97 Å². The molecular weight excluding hydrogens is 259 g/mol. The number of alkyl halides is 1. The average molecular weight is 275 g/mol. The highest BCUT2D eigenvalue weighted by Gasteiger charge is 2.13. The first kappa shape index (κ1) is 14.3. The van der Waals surface area contributed by atoms with Crippen molar-refractivity contribution in [2.24, 2.45) is 0 Å². The van der Waals surface area contributed by atoms with Crippen LogP contribution in [0.5, 0.6) is 0 Å². The summed E-state index contributed by atoms with van der Waals surface area (Å²) in [6.45, 7) is 4.16. The molecule has 0 spiro atoms. The van der Waals surface area contributed by atoms with E-state index in [1.807, 2.05) is 25.1 Å². The Morgan fingerprint density at radius 2 is 2.18 bits per heavy atom. The Kier molecular flexibility index (Phi) is 5.79. The number of halogens is 2. The largest absolute Gasteiger partial charge is 0.466 e. The minimum Gasteiger partial charge on any atom is -0.466 e. The van der Waals surface area contributed by atoms with Crippen molar-refractivity contribution in [1.29, 1.82) is 0 Å². The summed E-state index contributed by atoms with van der Waals surface area (Å²) in [7, 11) is 0. The fraction of sp³-hybridized carbons (Fsp3) is 0.462. The van der Waals surface area contributed by atoms with E-state index in [-0.39, 0.29) is 11.3 Å². The van der Waals surface area contributed by atoms with Crippen molar-refractivity contribution in [2.45, 2.75) is 32.1 Å². The van der Waals surface area contributed by atoms with Gasteiger partial charge in [0, 0.05) is 11.4 Å². The van der Waals surface area contributed by atoms with Gasteiger partial charge in [0.25, 0.3) is 0 Å². The summed E-state index contributed by atoms with van der Waals surface area (Å²) in [5.74, 6) is -0.204. The molecule has 17 heavy (non-hydrogen) atoms. The molecule has 0 saturated heterocycles. The standard InChI is InChI=1S/C13H16Cl2O2/c1-3-17-13(16)7-6-12(15)11-5-4-10(14)8-9(11)2/h4-5,8,12H,3,6-7H2,1-2H3. The SMILES string of the molecule is CCOC(=O)CCC(Cl)c1ccc(Cl)cc1C. The van der Waals surface area contributed by atoms with Crippen molar-refractivity contribution in [2.75, 3.05) is 6.61 Å². The molecule has 4 heteroatoms. The zero-order chi connectivity index (χ0) is 12.8. The average Bonchev–Trinajstić information content (AvgIpc) is 2.26. The van der Waals surface area contributed by atoms with Crippen LogP contribution in [0.15, 0.2) is 18.2 Å². The molecule has 0 N–H and O–H groups in total. The van der Waals surface area contributed by atoms with Gasteiger partial charge in [-0.05, 0) is 43.5 Å². The smallest absolute Gasteiger partial charge is 0.305 e. The molecule has 0 bridgehead atoms. The van der Waals surface area contributed by atoms with Crippen molar-refractivity contribution in [3.05, 3.63) is 34.3 Å². The van der Waals surface area contributed by atoms with Crippen LogP contribution in [0.3, 0.4) is 0 Å². The fourth-order valence-electron chi connectivity index (χ4n) is 1.62. The third-order valence-corrected chi connectivity index (χ3v) is 3.16. The number of rotatable bonds is 5. The van der Waals surface area contributed by atoms with E-state index in [0.717, 1.165) is 11.1 Å². The number of carbonyl (C=O) groups excluding carboxylic acids is 1. The van der Waals surface area contributed by atoms with Crippen LogP contribution in [-0.4, -0.2) is 12.6 Å². The van der Waals surface area contributed by atoms with Gasteiger partial charge in [-0.1, -0.05) is 17.7 Å². The summed E-state index contributed by atoms with van der Waals surface area (Å²) in [6.07, 6.45) is 0.910. The molecule has 0 aliphatic carbocycles. The van der Waals surface area contributed by atoms with Crippen LogP contribution in [0.4, 0.5) is 0 Å². The van der Waals surface area contributed by atoms with Crippen LogP contribution >= 0.6 is 23.2 Å². The van der Waals surface area contributed by atoms with Gasteiger partial charge in [0.2, 0.25) is 0 Å². The highest BCUT2D eigenvalue weighted by molar-refractivity contribution is 6.30. The van der Waals surface area contributed by atoms with Gasteiger partial charge in [-0.3, -0.25) is 4.79 Å². The van der Waals surface area contributed by atoms with E-state index in [1.165, 1.54) is 0 Å². The van der Waals surface area contributed by atoms with Crippen molar-refractivity contribution < 1.29 is 9.53 Å². The maximum Gasteiger partial charge on any atom is 0.305 e. The molecule has 1 rings (SSSR count). The van der Waals surface area contributed by atoms with Crippen molar-refractivity contribution >= 4 is 29.2 Å². The minimum atomic E-state index is -0.204. The van der Waals surface area contributed by atoms with E-state index < -0.39 is 0 Å². The van der Waals surface area contributed by atoms with E-state index in [4.69, 9.17) is 27.9 Å². The number of hydrogen-bond acceptors (Lipinski definition) is 2. The summed E-state index contributed by atoms with van der Waals surface area (Å²) in [4.78, 5) is 11.2. The molecule has 94 valence electrons. The maximum absolute atomic E-state index is 11.2. The van der Waals surface area contributed by atoms with Crippen LogP contribution in [0.25, 0.3) is 0 Å². The summed E-state index contributed by atoms with van der Waals surface area (Å²) in [5.41, 5.74) is 2.06. The van der Waals surface area contributed by atoms with Gasteiger partial charge < -0.3 is 4.74 Å². The number of aryl methyl sites for hydroxylation is 1. The van der Waals surface area contributed by atoms with Crippen molar-refractivity contribution in [3.63, 3.8) is 0 Å². The highest BCUT2D eigenvalue weighted by atomic mass is 35.5. The van der Waals surface area contributed by atoms with Crippen LogP contribution in [0, 0.1) is 6.92 Å². The number of carbonyl (C=O) groups is 1. The number of hydrogen-bond donors (Lipinski definition) is 0. The Labute approximate surface area is 112 Å². The summed E-state index contributed by atoms with van der Waals surface area (Å²) < 4.78 is 4.86. The summed E-state index contributed by atoms with van der Waals surface area (Å²) in [6, 6.07) is 5.58. The molecule has 0 fully saturated rings. The molecule has 0 aliphatic heterocycles. The lowest BCUT2D eigenvalue weighted by Crippen LogP contribution is -2.05. The first-order valence-electron chi connectivity index (χ1n) is 5.60. The summed E-state index contributed by atoms with van der Waals surface area (Å²) >= 11 is 12.1. The van der Waals surface area contributed by atoms with Gasteiger partial charge in [0.1, 0.15) is 0 Å². The second-order valence-electron chi connectivity index (χ2n) is 3.81. The molecule has 0 radical (unpaired) electrons. The molecule has 0 heterocycles. The monoisotopic (exact) mass is 274 g/mol. The Morgan fingerprint density at radius 3 is 2.76 bits per heavy atom. The van der Waals surface area contributed by atoms with E-state index >= 15 is 0 Å². The lowest BCUT2D eigenvalue weighted by molar-refractivity contribution is -0.143. The Bertz CT molecular complexity index is 391. The molecule has 1 aromatic rings.